The number of sulfonamides is 1. The molecule has 0 saturated heterocycles. The number of halogens is 2. The number of thiocarbonyl (C=S) groups is 1. The van der Waals surface area contributed by atoms with E-state index >= 15 is 0 Å². The van der Waals surface area contributed by atoms with E-state index in [0.29, 0.717) is 0 Å². The van der Waals surface area contributed by atoms with Gasteiger partial charge >= 0.3 is 0 Å². The van der Waals surface area contributed by atoms with E-state index in [1.807, 2.05) is 0 Å². The fraction of sp³-hybridized carbons (Fsp3) is 0. The van der Waals surface area contributed by atoms with Gasteiger partial charge in [0.25, 0.3) is 15.9 Å². The number of nitrogens with one attached hydrogen (secondary N) is 4. The van der Waals surface area contributed by atoms with Gasteiger partial charge in [-0.3, -0.25) is 20.4 Å². The molecule has 3 aromatic rings. The Morgan fingerprint density at radius 3 is 2.13 bits per heavy atom. The Bertz CT molecular complexity index is 1220. The fourth-order valence-corrected chi connectivity index (χ4v) is 3.91. The third-order valence-electron chi connectivity index (χ3n) is 3.96. The van der Waals surface area contributed by atoms with Gasteiger partial charge in [0.05, 0.1) is 21.3 Å². The number of amides is 1. The summed E-state index contributed by atoms with van der Waals surface area (Å²) in [6, 6.07) is 17.6. The average Bonchev–Trinajstić information content (AvgIpc) is 2.75. The first-order chi connectivity index (χ1) is 14.8. The first-order valence-electron chi connectivity index (χ1n) is 8.75. The molecule has 3 rings (SSSR count). The second-order valence-corrected chi connectivity index (χ2v) is 8.62. The zero-order valence-electron chi connectivity index (χ0n) is 15.7. The van der Waals surface area contributed by atoms with Crippen LogP contribution in [0.3, 0.4) is 0 Å². The lowest BCUT2D eigenvalue weighted by Crippen LogP contribution is -2.43. The van der Waals surface area contributed by atoms with Crippen molar-refractivity contribution in [2.45, 2.75) is 4.90 Å². The van der Waals surface area contributed by atoms with Crippen LogP contribution in [0.2, 0.25) is 5.02 Å². The molecule has 0 bridgehead atoms. The van der Waals surface area contributed by atoms with E-state index < -0.39 is 21.7 Å². The maximum absolute atomic E-state index is 13.6. The summed E-state index contributed by atoms with van der Waals surface area (Å²) in [5.41, 5.74) is 5.36. The summed E-state index contributed by atoms with van der Waals surface area (Å²) in [5.74, 6) is -1.07. The first kappa shape index (κ1) is 22.5. The Morgan fingerprint density at radius 2 is 1.48 bits per heavy atom. The quantitative estimate of drug-likeness (QED) is 0.328. The molecule has 1 amide bonds. The summed E-state index contributed by atoms with van der Waals surface area (Å²) < 4.78 is 41.0. The Hall–Kier alpha value is -3.21. The summed E-state index contributed by atoms with van der Waals surface area (Å²) in [4.78, 5) is 12.2. The Balaban J connectivity index is 1.60. The molecular weight excluding hydrogens is 463 g/mol. The van der Waals surface area contributed by atoms with E-state index in [0.717, 1.165) is 0 Å². The summed E-state index contributed by atoms with van der Waals surface area (Å²) in [6.07, 6.45) is 0. The smallest absolute Gasteiger partial charge is 0.269 e. The van der Waals surface area contributed by atoms with Crippen LogP contribution < -0.4 is 20.9 Å². The van der Waals surface area contributed by atoms with Crippen LogP contribution in [-0.4, -0.2) is 19.4 Å². The van der Waals surface area contributed by atoms with Crippen molar-refractivity contribution in [3.05, 3.63) is 89.2 Å². The molecule has 0 aliphatic heterocycles. The molecule has 160 valence electrons. The zero-order chi connectivity index (χ0) is 22.4. The van der Waals surface area contributed by atoms with Crippen LogP contribution in [0.25, 0.3) is 0 Å². The molecule has 7 nitrogen and oxygen atoms in total. The maximum Gasteiger partial charge on any atom is 0.269 e. The van der Waals surface area contributed by atoms with Gasteiger partial charge in [0.2, 0.25) is 0 Å². The number of rotatable bonds is 5. The Labute approximate surface area is 188 Å². The van der Waals surface area contributed by atoms with Crippen LogP contribution in [0.5, 0.6) is 0 Å². The number of carbonyl (C=O) groups is 1. The van der Waals surface area contributed by atoms with E-state index in [9.17, 15) is 17.6 Å². The van der Waals surface area contributed by atoms with Crippen molar-refractivity contribution in [2.24, 2.45) is 0 Å². The summed E-state index contributed by atoms with van der Waals surface area (Å²) in [5, 5.41) is 2.84. The number of benzene rings is 3. The normalized spacial score (nSPS) is 10.8. The first-order valence-corrected chi connectivity index (χ1v) is 11.0. The number of hydrogen-bond donors (Lipinski definition) is 4. The van der Waals surface area contributed by atoms with Crippen LogP contribution in [0, 0.1) is 5.82 Å². The van der Waals surface area contributed by atoms with Gasteiger partial charge in [-0.2, -0.15) is 0 Å². The molecule has 0 heterocycles. The lowest BCUT2D eigenvalue weighted by atomic mass is 10.2. The minimum absolute atomic E-state index is 0.0263. The monoisotopic (exact) mass is 478 g/mol. The highest BCUT2D eigenvalue weighted by Crippen LogP contribution is 2.24. The van der Waals surface area contributed by atoms with Gasteiger partial charge in [-0.1, -0.05) is 35.9 Å². The standard InChI is InChI=1S/C20H16ClFN4O3S2/c21-15-5-1-3-7-17(15)26-31(28,29)14-11-9-13(10-12-14)19(27)24-25-20(30)23-18-8-4-2-6-16(18)22/h1-12,26H,(H,24,27)(H2,23,25,30). The number of anilines is 2. The molecule has 0 radical (unpaired) electrons. The molecule has 0 saturated carbocycles. The van der Waals surface area contributed by atoms with E-state index in [1.165, 1.54) is 48.5 Å². The van der Waals surface area contributed by atoms with Gasteiger partial charge in [-0.25, -0.2) is 12.8 Å². The summed E-state index contributed by atoms with van der Waals surface area (Å²) >= 11 is 11.0. The van der Waals surface area contributed by atoms with Crippen molar-refractivity contribution < 1.29 is 17.6 Å². The molecule has 0 unspecified atom stereocenters. The summed E-state index contributed by atoms with van der Waals surface area (Å²) in [6.45, 7) is 0. The van der Waals surface area contributed by atoms with Crippen LogP contribution in [0.15, 0.2) is 77.7 Å². The van der Waals surface area contributed by atoms with Crippen molar-refractivity contribution in [1.29, 1.82) is 0 Å². The predicted molar refractivity (Wildman–Crippen MR) is 122 cm³/mol. The van der Waals surface area contributed by atoms with Gasteiger partial charge in [-0.15, -0.1) is 0 Å². The summed E-state index contributed by atoms with van der Waals surface area (Å²) in [7, 11) is -3.89. The number of hydrogen-bond acceptors (Lipinski definition) is 4. The van der Waals surface area contributed by atoms with E-state index in [-0.39, 0.29) is 32.0 Å². The molecule has 0 aromatic heterocycles. The molecule has 0 fully saturated rings. The lowest BCUT2D eigenvalue weighted by molar-refractivity contribution is 0.0944. The van der Waals surface area contributed by atoms with Crippen molar-refractivity contribution in [3.8, 4) is 0 Å². The molecule has 11 heteroatoms. The molecule has 0 aliphatic rings. The number of hydrazine groups is 1. The number of para-hydroxylation sites is 2. The Kier molecular flexibility index (Phi) is 7.06. The highest BCUT2D eigenvalue weighted by atomic mass is 35.5. The highest BCUT2D eigenvalue weighted by molar-refractivity contribution is 7.92. The van der Waals surface area contributed by atoms with Crippen LogP contribution in [-0.2, 0) is 10.0 Å². The van der Waals surface area contributed by atoms with Gasteiger partial charge in [0.15, 0.2) is 5.11 Å². The van der Waals surface area contributed by atoms with E-state index in [2.05, 4.69) is 20.9 Å². The molecule has 0 aliphatic carbocycles. The fourth-order valence-electron chi connectivity index (χ4n) is 2.43. The second kappa shape index (κ2) is 9.73. The zero-order valence-corrected chi connectivity index (χ0v) is 18.1. The third kappa shape index (κ3) is 5.91. The van der Waals surface area contributed by atoms with Gasteiger partial charge in [0.1, 0.15) is 5.82 Å². The highest BCUT2D eigenvalue weighted by Gasteiger charge is 2.16. The molecule has 31 heavy (non-hydrogen) atoms. The second-order valence-electron chi connectivity index (χ2n) is 6.12. The minimum Gasteiger partial charge on any atom is -0.329 e. The van der Waals surface area contributed by atoms with Crippen molar-refractivity contribution in [2.75, 3.05) is 10.0 Å². The minimum atomic E-state index is -3.89. The van der Waals surface area contributed by atoms with E-state index in [4.69, 9.17) is 23.8 Å². The largest absolute Gasteiger partial charge is 0.329 e. The van der Waals surface area contributed by atoms with Crippen molar-refractivity contribution in [1.82, 2.24) is 10.9 Å². The molecule has 4 N–H and O–H groups in total. The third-order valence-corrected chi connectivity index (χ3v) is 5.87. The van der Waals surface area contributed by atoms with Crippen molar-refractivity contribution in [3.63, 3.8) is 0 Å². The molecular formula is C20H16ClFN4O3S2. The van der Waals surface area contributed by atoms with Crippen LogP contribution in [0.4, 0.5) is 15.8 Å². The SMILES string of the molecule is O=C(NNC(=S)Nc1ccccc1F)c1ccc(S(=O)(=O)Nc2ccccc2Cl)cc1. The molecule has 0 spiro atoms. The lowest BCUT2D eigenvalue weighted by Gasteiger charge is -2.12. The average molecular weight is 479 g/mol. The predicted octanol–water partition coefficient (Wildman–Crippen LogP) is 3.91. The van der Waals surface area contributed by atoms with E-state index in [1.54, 1.807) is 24.3 Å². The van der Waals surface area contributed by atoms with Crippen LogP contribution >= 0.6 is 23.8 Å². The Morgan fingerprint density at radius 1 is 0.871 bits per heavy atom. The van der Waals surface area contributed by atoms with Gasteiger partial charge < -0.3 is 5.32 Å². The van der Waals surface area contributed by atoms with Gasteiger partial charge in [0, 0.05) is 5.56 Å². The molecule has 0 atom stereocenters. The van der Waals surface area contributed by atoms with Crippen LogP contribution in [0.1, 0.15) is 10.4 Å². The topological polar surface area (TPSA) is 99.3 Å². The maximum atomic E-state index is 13.6. The van der Waals surface area contributed by atoms with Crippen molar-refractivity contribution >= 4 is 56.2 Å². The number of carbonyl (C=O) groups excluding carboxylic acids is 1. The van der Waals surface area contributed by atoms with Gasteiger partial charge in [-0.05, 0) is 60.7 Å². The molecule has 3 aromatic carbocycles.